The monoisotopic (exact) mass is 472 g/mol. The third-order valence-corrected chi connectivity index (χ3v) is 7.52. The predicted molar refractivity (Wildman–Crippen MR) is 124 cm³/mol. The van der Waals surface area contributed by atoms with Gasteiger partial charge in [-0.25, -0.2) is 21.8 Å². The van der Waals surface area contributed by atoms with Crippen molar-refractivity contribution in [2.45, 2.75) is 62.6 Å². The Morgan fingerprint density at radius 2 is 1.64 bits per heavy atom. The number of halogens is 1. The van der Waals surface area contributed by atoms with Crippen LogP contribution in [0.5, 0.6) is 5.75 Å². The molecule has 1 aromatic heterocycles. The molecular formula is C25H29FN2O4S. The quantitative estimate of drug-likeness (QED) is 0.498. The van der Waals surface area contributed by atoms with Gasteiger partial charge in [0.05, 0.1) is 34.5 Å². The van der Waals surface area contributed by atoms with Crippen molar-refractivity contribution in [1.29, 1.82) is 0 Å². The first-order valence-electron chi connectivity index (χ1n) is 10.9. The van der Waals surface area contributed by atoms with Gasteiger partial charge in [0.25, 0.3) is 10.0 Å². The highest BCUT2D eigenvalue weighted by Gasteiger charge is 2.41. The van der Waals surface area contributed by atoms with E-state index in [1.807, 2.05) is 39.8 Å². The third kappa shape index (κ3) is 4.68. The minimum atomic E-state index is -4.03. The second-order valence-corrected chi connectivity index (χ2v) is 11.5. The summed E-state index contributed by atoms with van der Waals surface area (Å²) in [5.41, 5.74) is 0.473. The Kier molecular flexibility index (Phi) is 5.87. The van der Waals surface area contributed by atoms with Crippen LogP contribution in [0.25, 0.3) is 11.4 Å². The fraction of sp³-hybridized carbons (Fsp3) is 0.400. The Morgan fingerprint density at radius 1 is 1.03 bits per heavy atom. The van der Waals surface area contributed by atoms with Crippen LogP contribution in [-0.4, -0.2) is 35.7 Å². The summed E-state index contributed by atoms with van der Waals surface area (Å²) in [6.07, 6.45) is 2.99. The maximum absolute atomic E-state index is 13.6. The number of nitrogens with zero attached hydrogens (tertiary/aromatic N) is 2. The smallest absolute Gasteiger partial charge is 0.269 e. The number of methoxy groups -OCH3 is 1. The van der Waals surface area contributed by atoms with Crippen molar-refractivity contribution >= 4 is 10.0 Å². The Bertz CT molecular complexity index is 1250. The number of para-hydroxylation sites is 1. The van der Waals surface area contributed by atoms with E-state index in [0.717, 1.165) is 12.1 Å². The first kappa shape index (κ1) is 23.4. The summed E-state index contributed by atoms with van der Waals surface area (Å²) in [6.45, 7) is 8.14. The first-order valence-corrected chi connectivity index (χ1v) is 12.3. The predicted octanol–water partition coefficient (Wildman–Crippen LogP) is 5.39. The molecule has 0 unspecified atom stereocenters. The van der Waals surface area contributed by atoms with Gasteiger partial charge in [0.2, 0.25) is 0 Å². The van der Waals surface area contributed by atoms with E-state index in [0.29, 0.717) is 29.8 Å². The van der Waals surface area contributed by atoms with E-state index in [1.165, 1.54) is 23.2 Å². The number of benzene rings is 2. The van der Waals surface area contributed by atoms with Crippen LogP contribution in [0.1, 0.15) is 52.1 Å². The summed E-state index contributed by atoms with van der Waals surface area (Å²) >= 11 is 0. The molecular weight excluding hydrogens is 443 g/mol. The highest BCUT2D eigenvalue weighted by molar-refractivity contribution is 7.90. The Balaban J connectivity index is 1.90. The van der Waals surface area contributed by atoms with Crippen molar-refractivity contribution in [1.82, 2.24) is 8.96 Å². The van der Waals surface area contributed by atoms with Crippen LogP contribution >= 0.6 is 0 Å². The van der Waals surface area contributed by atoms with E-state index in [4.69, 9.17) is 14.5 Å². The minimum Gasteiger partial charge on any atom is -0.496 e. The molecule has 3 aromatic rings. The van der Waals surface area contributed by atoms with Crippen molar-refractivity contribution in [3.05, 3.63) is 66.2 Å². The van der Waals surface area contributed by atoms with Gasteiger partial charge in [-0.15, -0.1) is 0 Å². The molecule has 1 saturated heterocycles. The van der Waals surface area contributed by atoms with Gasteiger partial charge in [-0.05, 0) is 76.9 Å². The lowest BCUT2D eigenvalue weighted by Crippen LogP contribution is -2.44. The molecule has 4 rings (SSSR count). The zero-order valence-corrected chi connectivity index (χ0v) is 20.3. The molecule has 176 valence electrons. The topological polar surface area (TPSA) is 70.4 Å². The molecule has 0 radical (unpaired) electrons. The zero-order chi connectivity index (χ0) is 24.0. The number of imidazole rings is 1. The van der Waals surface area contributed by atoms with Gasteiger partial charge >= 0.3 is 0 Å². The first-order chi connectivity index (χ1) is 15.4. The highest BCUT2D eigenvalue weighted by Crippen LogP contribution is 2.44. The van der Waals surface area contributed by atoms with E-state index < -0.39 is 15.8 Å². The molecule has 2 aromatic carbocycles. The Hall–Kier alpha value is -2.71. The summed E-state index contributed by atoms with van der Waals surface area (Å²) in [7, 11) is -2.50. The van der Waals surface area contributed by atoms with Crippen LogP contribution < -0.4 is 4.74 Å². The van der Waals surface area contributed by atoms with Crippen LogP contribution in [0.2, 0.25) is 0 Å². The molecule has 0 atom stereocenters. The molecule has 1 fully saturated rings. The summed E-state index contributed by atoms with van der Waals surface area (Å²) in [5.74, 6) is 0.269. The van der Waals surface area contributed by atoms with Crippen LogP contribution in [0.15, 0.2) is 59.6 Å². The molecule has 0 aliphatic carbocycles. The van der Waals surface area contributed by atoms with Crippen LogP contribution in [0, 0.1) is 5.82 Å². The van der Waals surface area contributed by atoms with Gasteiger partial charge in [0.1, 0.15) is 11.6 Å². The fourth-order valence-corrected chi connectivity index (χ4v) is 6.11. The van der Waals surface area contributed by atoms with Crippen molar-refractivity contribution in [2.24, 2.45) is 0 Å². The number of ether oxygens (including phenoxy) is 2. The number of hydrogen-bond donors (Lipinski definition) is 0. The van der Waals surface area contributed by atoms with Gasteiger partial charge in [-0.1, -0.05) is 12.1 Å². The van der Waals surface area contributed by atoms with E-state index in [2.05, 4.69) is 0 Å². The molecule has 0 saturated carbocycles. The van der Waals surface area contributed by atoms with E-state index in [9.17, 15) is 12.8 Å². The van der Waals surface area contributed by atoms with Crippen molar-refractivity contribution in [3.8, 4) is 17.1 Å². The van der Waals surface area contributed by atoms with Crippen LogP contribution in [0.3, 0.4) is 0 Å². The second kappa shape index (κ2) is 8.25. The van der Waals surface area contributed by atoms with Crippen molar-refractivity contribution < 1.29 is 22.3 Å². The lowest BCUT2D eigenvalue weighted by atomic mass is 9.79. The summed E-state index contributed by atoms with van der Waals surface area (Å²) in [5, 5.41) is 0. The highest BCUT2D eigenvalue weighted by atomic mass is 32.2. The molecule has 1 aliphatic heterocycles. The average molecular weight is 473 g/mol. The van der Waals surface area contributed by atoms with Crippen molar-refractivity contribution in [3.63, 3.8) is 0 Å². The molecule has 0 N–H and O–H groups in total. The van der Waals surface area contributed by atoms with Gasteiger partial charge in [-0.2, -0.15) is 0 Å². The maximum atomic E-state index is 13.6. The van der Waals surface area contributed by atoms with E-state index in [-0.39, 0.29) is 27.8 Å². The molecule has 6 nitrogen and oxygen atoms in total. The van der Waals surface area contributed by atoms with Crippen LogP contribution in [-0.2, 0) is 14.8 Å². The standard InChI is InChI=1S/C25H29FN2O4S/c1-24(2)14-17(15-25(3,4)32-24)21-16-28(33(29,30)19-12-10-18(26)11-13-19)23(27-21)20-8-6-7-9-22(20)31-5/h6-13,16-17H,14-15H2,1-5H3. The molecule has 33 heavy (non-hydrogen) atoms. The van der Waals surface area contributed by atoms with Crippen LogP contribution in [0.4, 0.5) is 4.39 Å². The number of aromatic nitrogens is 2. The SMILES string of the molecule is COc1ccccc1-c1nc(C2CC(C)(C)OC(C)(C)C2)cn1S(=O)(=O)c1ccc(F)cc1. The minimum absolute atomic E-state index is 0.00174. The van der Waals surface area contributed by atoms with Gasteiger partial charge in [0.15, 0.2) is 5.82 Å². The molecule has 2 heterocycles. The molecule has 8 heteroatoms. The Labute approximate surface area is 194 Å². The van der Waals surface area contributed by atoms with Gasteiger partial charge in [0, 0.05) is 12.1 Å². The van der Waals surface area contributed by atoms with Gasteiger partial charge < -0.3 is 9.47 Å². The number of hydrogen-bond acceptors (Lipinski definition) is 5. The molecule has 0 bridgehead atoms. The summed E-state index contributed by atoms with van der Waals surface area (Å²) in [6, 6.07) is 12.0. The molecule has 0 amide bonds. The van der Waals surface area contributed by atoms with Gasteiger partial charge in [-0.3, -0.25) is 0 Å². The zero-order valence-electron chi connectivity index (χ0n) is 19.5. The third-order valence-electron chi connectivity index (χ3n) is 5.86. The summed E-state index contributed by atoms with van der Waals surface area (Å²) in [4.78, 5) is 4.81. The number of rotatable bonds is 5. The van der Waals surface area contributed by atoms with E-state index >= 15 is 0 Å². The lowest BCUT2D eigenvalue weighted by molar-refractivity contribution is -0.162. The molecule has 0 spiro atoms. The second-order valence-electron chi connectivity index (χ2n) is 9.67. The fourth-order valence-electron chi connectivity index (χ4n) is 4.79. The molecule has 1 aliphatic rings. The normalized spacial score (nSPS) is 18.2. The van der Waals surface area contributed by atoms with Crippen molar-refractivity contribution in [2.75, 3.05) is 7.11 Å². The Morgan fingerprint density at radius 3 is 2.24 bits per heavy atom. The maximum Gasteiger partial charge on any atom is 0.269 e. The van der Waals surface area contributed by atoms with E-state index in [1.54, 1.807) is 18.3 Å². The average Bonchev–Trinajstić information content (AvgIpc) is 3.18. The largest absolute Gasteiger partial charge is 0.496 e. The summed E-state index contributed by atoms with van der Waals surface area (Å²) < 4.78 is 53.6. The lowest BCUT2D eigenvalue weighted by Gasteiger charge is -2.45.